The molecule has 0 aromatic heterocycles. The van der Waals surface area contributed by atoms with Gasteiger partial charge in [-0.25, -0.2) is 4.79 Å². The summed E-state index contributed by atoms with van der Waals surface area (Å²) in [6.07, 6.45) is 5.10. The molecule has 2 amide bonds. The maximum absolute atomic E-state index is 9.00. The van der Waals surface area contributed by atoms with E-state index in [1.807, 2.05) is 0 Å². The minimum atomic E-state index is -0.833. The minimum Gasteiger partial charge on any atom is -0.516 e. The van der Waals surface area contributed by atoms with Gasteiger partial charge in [0.15, 0.2) is 0 Å². The van der Waals surface area contributed by atoms with Crippen molar-refractivity contribution < 1.29 is 9.90 Å². The summed E-state index contributed by atoms with van der Waals surface area (Å²) < 4.78 is 0. The molecule has 5 N–H and O–H groups in total. The molecule has 0 fully saturated rings. The van der Waals surface area contributed by atoms with Crippen LogP contribution >= 0.6 is 0 Å². The van der Waals surface area contributed by atoms with Crippen molar-refractivity contribution in [3.8, 4) is 0 Å². The van der Waals surface area contributed by atoms with E-state index in [1.165, 1.54) is 0 Å². The first-order valence-corrected chi connectivity index (χ1v) is 2.60. The number of aliphatic hydroxyl groups is 1. The Morgan fingerprint density at radius 2 is 2.00 bits per heavy atom. The SMILES string of the molecule is C=CCC=CO.NC(N)=O. The van der Waals surface area contributed by atoms with Gasteiger partial charge in [0.25, 0.3) is 0 Å². The van der Waals surface area contributed by atoms with Gasteiger partial charge in [-0.05, 0) is 12.5 Å². The van der Waals surface area contributed by atoms with Crippen LogP contribution in [0.4, 0.5) is 4.79 Å². The third-order valence-electron chi connectivity index (χ3n) is 0.408. The van der Waals surface area contributed by atoms with Crippen LogP contribution in [0.1, 0.15) is 6.42 Å². The quantitative estimate of drug-likeness (QED) is 0.392. The van der Waals surface area contributed by atoms with Gasteiger partial charge in [-0.2, -0.15) is 0 Å². The Labute approximate surface area is 59.8 Å². The van der Waals surface area contributed by atoms with Crippen LogP contribution in [-0.4, -0.2) is 11.1 Å². The molecule has 58 valence electrons. The Bertz CT molecular complexity index is 117. The fraction of sp³-hybridized carbons (Fsp3) is 0.167. The number of carbonyl (C=O) groups is 1. The predicted molar refractivity (Wildman–Crippen MR) is 40.4 cm³/mol. The zero-order valence-electron chi connectivity index (χ0n) is 5.66. The van der Waals surface area contributed by atoms with Gasteiger partial charge in [0, 0.05) is 0 Å². The molecule has 0 radical (unpaired) electrons. The first-order chi connectivity index (χ1) is 4.65. The summed E-state index contributed by atoms with van der Waals surface area (Å²) in [7, 11) is 0. The van der Waals surface area contributed by atoms with Crippen LogP contribution in [0.15, 0.2) is 25.0 Å². The second-order valence-electron chi connectivity index (χ2n) is 1.31. The topological polar surface area (TPSA) is 89.3 Å². The monoisotopic (exact) mass is 144 g/mol. The van der Waals surface area contributed by atoms with E-state index in [4.69, 9.17) is 9.90 Å². The molecule has 0 spiro atoms. The Balaban J connectivity index is 0. The van der Waals surface area contributed by atoms with Gasteiger partial charge in [-0.3, -0.25) is 0 Å². The normalized spacial score (nSPS) is 8.00. The van der Waals surface area contributed by atoms with Gasteiger partial charge < -0.3 is 16.6 Å². The lowest BCUT2D eigenvalue weighted by atomic mass is 10.4. The lowest BCUT2D eigenvalue weighted by molar-refractivity contribution is 0.256. The molecule has 0 aromatic rings. The van der Waals surface area contributed by atoms with E-state index in [2.05, 4.69) is 18.0 Å². The zero-order valence-corrected chi connectivity index (χ0v) is 5.66. The Morgan fingerprint density at radius 3 is 2.10 bits per heavy atom. The van der Waals surface area contributed by atoms with E-state index in [0.717, 1.165) is 12.7 Å². The van der Waals surface area contributed by atoms with Crippen LogP contribution in [-0.2, 0) is 0 Å². The van der Waals surface area contributed by atoms with Gasteiger partial charge in [0.1, 0.15) is 0 Å². The number of urea groups is 1. The highest BCUT2D eigenvalue weighted by Gasteiger charge is 1.60. The van der Waals surface area contributed by atoms with Gasteiger partial charge in [-0.15, -0.1) is 6.58 Å². The third kappa shape index (κ3) is 84.0. The van der Waals surface area contributed by atoms with E-state index in [1.54, 1.807) is 12.2 Å². The largest absolute Gasteiger partial charge is 0.516 e. The molecule has 0 rings (SSSR count). The highest BCUT2D eigenvalue weighted by Crippen LogP contribution is 1.77. The van der Waals surface area contributed by atoms with E-state index < -0.39 is 6.03 Å². The van der Waals surface area contributed by atoms with Crippen molar-refractivity contribution in [1.29, 1.82) is 0 Å². The zero-order chi connectivity index (χ0) is 8.41. The summed E-state index contributed by atoms with van der Waals surface area (Å²) in [5.74, 6) is 0. The average Bonchev–Trinajstić information content (AvgIpc) is 1.82. The smallest absolute Gasteiger partial charge is 0.309 e. The highest BCUT2D eigenvalue weighted by molar-refractivity contribution is 5.69. The van der Waals surface area contributed by atoms with Crippen LogP contribution in [0.5, 0.6) is 0 Å². The molecule has 0 heterocycles. The van der Waals surface area contributed by atoms with Crippen LogP contribution < -0.4 is 11.5 Å². The van der Waals surface area contributed by atoms with Crippen molar-refractivity contribution in [2.75, 3.05) is 0 Å². The molecule has 0 aliphatic carbocycles. The summed E-state index contributed by atoms with van der Waals surface area (Å²) in [5.41, 5.74) is 8.50. The number of aliphatic hydroxyl groups excluding tert-OH is 1. The Kier molecular flexibility index (Phi) is 11.9. The number of rotatable bonds is 2. The van der Waals surface area contributed by atoms with Gasteiger partial charge in [0.05, 0.1) is 6.26 Å². The first-order valence-electron chi connectivity index (χ1n) is 2.60. The number of nitrogens with two attached hydrogens (primary N) is 2. The Hall–Kier alpha value is -1.45. The van der Waals surface area contributed by atoms with Gasteiger partial charge in [0.2, 0.25) is 0 Å². The number of allylic oxidation sites excluding steroid dienone is 2. The molecular weight excluding hydrogens is 132 g/mol. The van der Waals surface area contributed by atoms with Crippen LogP contribution in [0.25, 0.3) is 0 Å². The molecule has 0 saturated heterocycles. The van der Waals surface area contributed by atoms with Gasteiger partial charge >= 0.3 is 6.03 Å². The lowest BCUT2D eigenvalue weighted by Crippen LogP contribution is -2.18. The average molecular weight is 144 g/mol. The van der Waals surface area contributed by atoms with Crippen molar-refractivity contribution in [2.24, 2.45) is 11.5 Å². The molecule has 0 aliphatic heterocycles. The first kappa shape index (κ1) is 11.4. The summed E-state index contributed by atoms with van der Waals surface area (Å²) in [4.78, 5) is 9.00. The molecule has 0 saturated carbocycles. The maximum Gasteiger partial charge on any atom is 0.309 e. The maximum atomic E-state index is 9.00. The van der Waals surface area contributed by atoms with E-state index in [0.29, 0.717) is 0 Å². The molecule has 0 unspecified atom stereocenters. The summed E-state index contributed by atoms with van der Waals surface area (Å²) in [6, 6.07) is -0.833. The fourth-order valence-electron chi connectivity index (χ4n) is 0.157. The van der Waals surface area contributed by atoms with Crippen molar-refractivity contribution in [2.45, 2.75) is 6.42 Å². The number of carbonyl (C=O) groups excluding carboxylic acids is 1. The Morgan fingerprint density at radius 1 is 1.60 bits per heavy atom. The van der Waals surface area contributed by atoms with Crippen LogP contribution in [0, 0.1) is 0 Å². The molecular formula is C6H12N2O2. The van der Waals surface area contributed by atoms with Crippen molar-refractivity contribution in [3.05, 3.63) is 25.0 Å². The number of amides is 2. The molecule has 0 aromatic carbocycles. The predicted octanol–water partition coefficient (Wildman–Crippen LogP) is 0.658. The molecule has 10 heavy (non-hydrogen) atoms. The van der Waals surface area contributed by atoms with E-state index in [-0.39, 0.29) is 0 Å². The summed E-state index contributed by atoms with van der Waals surface area (Å²) in [5, 5.41) is 7.97. The summed E-state index contributed by atoms with van der Waals surface area (Å²) in [6.45, 7) is 3.44. The van der Waals surface area contributed by atoms with Crippen molar-refractivity contribution >= 4 is 6.03 Å². The number of hydrogen-bond acceptors (Lipinski definition) is 2. The second kappa shape index (κ2) is 10.5. The fourth-order valence-corrected chi connectivity index (χ4v) is 0.157. The molecule has 4 nitrogen and oxygen atoms in total. The van der Waals surface area contributed by atoms with Crippen LogP contribution in [0.2, 0.25) is 0 Å². The van der Waals surface area contributed by atoms with Crippen molar-refractivity contribution in [1.82, 2.24) is 0 Å². The minimum absolute atomic E-state index is 0.747. The third-order valence-corrected chi connectivity index (χ3v) is 0.408. The van der Waals surface area contributed by atoms with Crippen LogP contribution in [0.3, 0.4) is 0 Å². The molecule has 0 aliphatic rings. The number of primary amides is 2. The van der Waals surface area contributed by atoms with E-state index >= 15 is 0 Å². The number of hydrogen-bond donors (Lipinski definition) is 3. The summed E-state index contributed by atoms with van der Waals surface area (Å²) >= 11 is 0. The molecule has 0 atom stereocenters. The standard InChI is InChI=1S/C5H8O.CH4N2O/c1-2-3-4-5-6;2-1(3)4/h2,4-6H,1,3H2;(H4,2,3,4). The lowest BCUT2D eigenvalue weighted by Gasteiger charge is -1.69. The van der Waals surface area contributed by atoms with Crippen molar-refractivity contribution in [3.63, 3.8) is 0 Å². The molecule has 0 bridgehead atoms. The molecule has 4 heteroatoms. The highest BCUT2D eigenvalue weighted by atomic mass is 16.2. The van der Waals surface area contributed by atoms with E-state index in [9.17, 15) is 0 Å². The second-order valence-corrected chi connectivity index (χ2v) is 1.31. The van der Waals surface area contributed by atoms with Gasteiger partial charge in [-0.1, -0.05) is 6.08 Å².